The number of hydrogen-bond acceptors (Lipinski definition) is 3. The Morgan fingerprint density at radius 1 is 1.32 bits per heavy atom. The van der Waals surface area contributed by atoms with Crippen LogP contribution in [0.25, 0.3) is 0 Å². The molecule has 0 spiro atoms. The highest BCUT2D eigenvalue weighted by molar-refractivity contribution is 5.86. The van der Waals surface area contributed by atoms with Gasteiger partial charge in [-0.15, -0.1) is 5.10 Å². The van der Waals surface area contributed by atoms with Gasteiger partial charge in [-0.2, -0.15) is 0 Å². The Kier molecular flexibility index (Phi) is 4.40. The fourth-order valence-electron chi connectivity index (χ4n) is 2.17. The van der Waals surface area contributed by atoms with Crippen LogP contribution in [0.15, 0.2) is 36.4 Å². The van der Waals surface area contributed by atoms with Gasteiger partial charge in [0, 0.05) is 18.7 Å². The van der Waals surface area contributed by atoms with Crippen molar-refractivity contribution in [1.29, 1.82) is 0 Å². The number of benzene rings is 1. The van der Waals surface area contributed by atoms with Gasteiger partial charge in [0.25, 0.3) is 0 Å². The molecule has 2 aromatic rings. The Balaban J connectivity index is 2.18. The number of carboxylic acid groups (broad SMARTS) is 1. The molecule has 0 aliphatic rings. The summed E-state index contributed by atoms with van der Waals surface area (Å²) < 4.78 is 7.16. The minimum Gasteiger partial charge on any atom is -0.472 e. The van der Waals surface area contributed by atoms with Crippen LogP contribution in [-0.4, -0.2) is 26.5 Å². The van der Waals surface area contributed by atoms with Gasteiger partial charge in [0.15, 0.2) is 0 Å². The first-order valence-electron chi connectivity index (χ1n) is 7.03. The molecule has 0 saturated heterocycles. The molecule has 118 valence electrons. The Hall–Kier alpha value is -2.50. The van der Waals surface area contributed by atoms with Crippen LogP contribution in [-0.2, 0) is 13.7 Å². The van der Waals surface area contributed by atoms with E-state index >= 15 is 0 Å². The number of aryl methyl sites for hydroxylation is 1. The van der Waals surface area contributed by atoms with E-state index in [1.807, 2.05) is 51.1 Å². The lowest BCUT2D eigenvalue weighted by atomic mass is 10.1. The molecule has 1 aromatic carbocycles. The Morgan fingerprint density at radius 2 is 1.95 bits per heavy atom. The van der Waals surface area contributed by atoms with Crippen LogP contribution in [0.4, 0.5) is 10.6 Å². The maximum Gasteiger partial charge on any atom is 0.413 e. The van der Waals surface area contributed by atoms with Gasteiger partial charge in [-0.1, -0.05) is 30.3 Å². The van der Waals surface area contributed by atoms with Gasteiger partial charge in [-0.25, -0.2) is 9.48 Å². The van der Waals surface area contributed by atoms with Crippen molar-refractivity contribution in [3.8, 4) is 5.88 Å². The highest BCUT2D eigenvalue weighted by Crippen LogP contribution is 2.27. The minimum absolute atomic E-state index is 0.389. The molecule has 6 heteroatoms. The van der Waals surface area contributed by atoms with Crippen molar-refractivity contribution in [3.05, 3.63) is 42.0 Å². The predicted molar refractivity (Wildman–Crippen MR) is 84.2 cm³/mol. The normalized spacial score (nSPS) is 11.3. The highest BCUT2D eigenvalue weighted by Gasteiger charge is 2.30. The largest absolute Gasteiger partial charge is 0.472 e. The molecule has 22 heavy (non-hydrogen) atoms. The summed E-state index contributed by atoms with van der Waals surface area (Å²) >= 11 is 0. The predicted octanol–water partition coefficient (Wildman–Crippen LogP) is 3.28. The Bertz CT molecular complexity index is 644. The quantitative estimate of drug-likeness (QED) is 0.941. The van der Waals surface area contributed by atoms with E-state index in [0.717, 1.165) is 5.56 Å². The van der Waals surface area contributed by atoms with Crippen molar-refractivity contribution in [2.45, 2.75) is 32.9 Å². The fraction of sp³-hybridized carbons (Fsp3) is 0.375. The molecule has 0 saturated carbocycles. The molecule has 1 amide bonds. The molecule has 1 N–H and O–H groups in total. The standard InChI is InChI=1S/C16H21N3O3/c1-16(2,3)19(15(20)21)14-10-13(17-18(14)4)22-11-12-8-6-5-7-9-12/h5-10H,11H2,1-4H3,(H,20,21). The second-order valence-corrected chi connectivity index (χ2v) is 6.03. The fourth-order valence-corrected chi connectivity index (χ4v) is 2.17. The second kappa shape index (κ2) is 6.09. The lowest BCUT2D eigenvalue weighted by Gasteiger charge is -2.32. The number of carbonyl (C=O) groups is 1. The van der Waals surface area contributed by atoms with E-state index in [1.54, 1.807) is 13.1 Å². The minimum atomic E-state index is -1.02. The van der Waals surface area contributed by atoms with E-state index < -0.39 is 11.6 Å². The summed E-state index contributed by atoms with van der Waals surface area (Å²) in [5, 5.41) is 13.7. The number of nitrogens with zero attached hydrogens (tertiary/aromatic N) is 3. The van der Waals surface area contributed by atoms with Gasteiger partial charge in [0.05, 0.1) is 0 Å². The van der Waals surface area contributed by atoms with E-state index in [4.69, 9.17) is 4.74 Å². The summed E-state index contributed by atoms with van der Waals surface area (Å²) in [4.78, 5) is 12.8. The van der Waals surface area contributed by atoms with Gasteiger partial charge in [0.2, 0.25) is 5.88 Å². The number of hydrogen-bond donors (Lipinski definition) is 1. The molecule has 1 aromatic heterocycles. The van der Waals surface area contributed by atoms with Crippen LogP contribution in [0.2, 0.25) is 0 Å². The summed E-state index contributed by atoms with van der Waals surface area (Å²) in [5.74, 6) is 0.875. The first kappa shape index (κ1) is 15.9. The number of rotatable bonds is 4. The summed E-state index contributed by atoms with van der Waals surface area (Å²) in [5.41, 5.74) is 0.455. The van der Waals surface area contributed by atoms with Crippen molar-refractivity contribution in [1.82, 2.24) is 9.78 Å². The zero-order valence-corrected chi connectivity index (χ0v) is 13.3. The highest BCUT2D eigenvalue weighted by atomic mass is 16.5. The molecule has 0 aliphatic carbocycles. The molecule has 0 fully saturated rings. The van der Waals surface area contributed by atoms with E-state index in [1.165, 1.54) is 9.58 Å². The van der Waals surface area contributed by atoms with Gasteiger partial charge in [0.1, 0.15) is 12.4 Å². The van der Waals surface area contributed by atoms with Crippen molar-refractivity contribution in [2.75, 3.05) is 4.90 Å². The zero-order valence-electron chi connectivity index (χ0n) is 13.3. The van der Waals surface area contributed by atoms with E-state index in [2.05, 4.69) is 5.10 Å². The molecular formula is C16H21N3O3. The molecule has 0 bridgehead atoms. The van der Waals surface area contributed by atoms with Crippen molar-refractivity contribution in [3.63, 3.8) is 0 Å². The molecule has 1 heterocycles. The topological polar surface area (TPSA) is 67.6 Å². The average Bonchev–Trinajstić information content (AvgIpc) is 2.77. The van der Waals surface area contributed by atoms with Gasteiger partial charge < -0.3 is 9.84 Å². The average molecular weight is 303 g/mol. The molecular weight excluding hydrogens is 282 g/mol. The van der Waals surface area contributed by atoms with Crippen LogP contribution in [0.3, 0.4) is 0 Å². The number of aromatic nitrogens is 2. The Labute approximate surface area is 129 Å². The molecule has 2 rings (SSSR count). The third-order valence-electron chi connectivity index (χ3n) is 3.15. The first-order chi connectivity index (χ1) is 10.3. The molecule has 0 aliphatic heterocycles. The maximum absolute atomic E-state index is 11.5. The van der Waals surface area contributed by atoms with Crippen molar-refractivity contribution < 1.29 is 14.6 Å². The number of anilines is 1. The summed E-state index contributed by atoms with van der Waals surface area (Å²) in [7, 11) is 1.70. The maximum atomic E-state index is 11.5. The lowest BCUT2D eigenvalue weighted by molar-refractivity contribution is 0.195. The molecule has 0 unspecified atom stereocenters. The van der Waals surface area contributed by atoms with Gasteiger partial charge in [-0.05, 0) is 26.3 Å². The number of ether oxygens (including phenoxy) is 1. The van der Waals surface area contributed by atoms with E-state index in [-0.39, 0.29) is 0 Å². The number of amides is 1. The third-order valence-corrected chi connectivity index (χ3v) is 3.15. The molecule has 0 atom stereocenters. The van der Waals surface area contributed by atoms with Crippen LogP contribution >= 0.6 is 0 Å². The van der Waals surface area contributed by atoms with Crippen molar-refractivity contribution in [2.24, 2.45) is 7.05 Å². The van der Waals surface area contributed by atoms with Gasteiger partial charge in [-0.3, -0.25) is 4.90 Å². The van der Waals surface area contributed by atoms with Gasteiger partial charge >= 0.3 is 6.09 Å². The lowest BCUT2D eigenvalue weighted by Crippen LogP contribution is -2.46. The van der Waals surface area contributed by atoms with E-state index in [9.17, 15) is 9.90 Å². The monoisotopic (exact) mass is 303 g/mol. The first-order valence-corrected chi connectivity index (χ1v) is 7.03. The molecule has 6 nitrogen and oxygen atoms in total. The van der Waals surface area contributed by atoms with Crippen molar-refractivity contribution >= 4 is 11.9 Å². The van der Waals surface area contributed by atoms with Crippen LogP contribution in [0.1, 0.15) is 26.3 Å². The smallest absolute Gasteiger partial charge is 0.413 e. The molecule has 0 radical (unpaired) electrons. The second-order valence-electron chi connectivity index (χ2n) is 6.03. The summed E-state index contributed by atoms with van der Waals surface area (Å²) in [6.07, 6.45) is -1.02. The third kappa shape index (κ3) is 3.58. The van der Waals surface area contributed by atoms with Crippen LogP contribution in [0, 0.1) is 0 Å². The van der Waals surface area contributed by atoms with Crippen LogP contribution < -0.4 is 9.64 Å². The van der Waals surface area contributed by atoms with Crippen LogP contribution in [0.5, 0.6) is 5.88 Å². The van der Waals surface area contributed by atoms with E-state index in [0.29, 0.717) is 18.3 Å². The zero-order chi connectivity index (χ0) is 16.3. The SMILES string of the molecule is Cn1nc(OCc2ccccc2)cc1N(C(=O)O)C(C)(C)C. The summed E-state index contributed by atoms with van der Waals surface area (Å²) in [6.45, 7) is 5.88. The Morgan fingerprint density at radius 3 is 2.50 bits per heavy atom. The summed E-state index contributed by atoms with van der Waals surface area (Å²) in [6, 6.07) is 11.4.